The number of nitrogens with zero attached hydrogens (tertiary/aromatic N) is 3. The van der Waals surface area contributed by atoms with Crippen LogP contribution < -0.4 is 11.3 Å². The van der Waals surface area contributed by atoms with Crippen LogP contribution in [0.5, 0.6) is 0 Å². The molecule has 1 aromatic heterocycles. The lowest BCUT2D eigenvalue weighted by Crippen LogP contribution is -2.09. The predicted octanol–water partition coefficient (Wildman–Crippen LogP) is 0.147. The largest absolute Gasteiger partial charge is 0.308 e. The Morgan fingerprint density at radius 2 is 2.38 bits per heavy atom. The number of hydrazine groups is 1. The van der Waals surface area contributed by atoms with E-state index in [1.807, 2.05) is 0 Å². The molecule has 0 aliphatic heterocycles. The van der Waals surface area contributed by atoms with Crippen molar-refractivity contribution in [2.24, 2.45) is 5.84 Å². The highest BCUT2D eigenvalue weighted by atomic mass is 16.6. The van der Waals surface area contributed by atoms with Gasteiger partial charge in [0, 0.05) is 6.07 Å². The van der Waals surface area contributed by atoms with Gasteiger partial charge in [-0.1, -0.05) is 0 Å². The lowest BCUT2D eigenvalue weighted by atomic mass is 10.3. The van der Waals surface area contributed by atoms with E-state index in [2.05, 4.69) is 10.4 Å². The average Bonchev–Trinajstić information content (AvgIpc) is 2.16. The number of aromatic nitrogens is 1. The first-order valence-corrected chi connectivity index (χ1v) is 3.21. The molecular weight excluding hydrogens is 174 g/mol. The van der Waals surface area contributed by atoms with Gasteiger partial charge in [-0.15, -0.1) is 0 Å². The molecule has 0 aromatic carbocycles. The van der Waals surface area contributed by atoms with Crippen molar-refractivity contribution in [2.45, 2.75) is 0 Å². The van der Waals surface area contributed by atoms with Crippen LogP contribution in [0.15, 0.2) is 12.1 Å². The van der Waals surface area contributed by atoms with Gasteiger partial charge in [0.1, 0.15) is 11.9 Å². The Morgan fingerprint density at radius 3 is 2.85 bits per heavy atom. The number of nitro groups is 1. The van der Waals surface area contributed by atoms with E-state index in [9.17, 15) is 10.1 Å². The van der Waals surface area contributed by atoms with Gasteiger partial charge in [0.25, 0.3) is 0 Å². The van der Waals surface area contributed by atoms with Crippen LogP contribution in [-0.4, -0.2) is 9.91 Å². The predicted molar refractivity (Wildman–Crippen MR) is 43.4 cm³/mol. The summed E-state index contributed by atoms with van der Waals surface area (Å²) in [6.07, 6.45) is 0. The number of nitrogens with one attached hydrogen (secondary N) is 1. The van der Waals surface area contributed by atoms with Crippen molar-refractivity contribution >= 4 is 11.5 Å². The van der Waals surface area contributed by atoms with Crippen molar-refractivity contribution in [2.75, 3.05) is 5.43 Å². The molecule has 1 rings (SSSR count). The van der Waals surface area contributed by atoms with Crippen LogP contribution in [0.4, 0.5) is 11.5 Å². The van der Waals surface area contributed by atoms with Crippen molar-refractivity contribution < 1.29 is 4.92 Å². The molecule has 0 fully saturated rings. The molecule has 66 valence electrons. The number of hydrogen-bond acceptors (Lipinski definition) is 6. The number of nitrogens with two attached hydrogens (primary N) is 1. The highest BCUT2D eigenvalue weighted by molar-refractivity contribution is 5.49. The van der Waals surface area contributed by atoms with Crippen LogP contribution in [-0.2, 0) is 0 Å². The van der Waals surface area contributed by atoms with Gasteiger partial charge in [0.05, 0.1) is 4.92 Å². The molecular formula is C6H5N5O2. The number of hydrogen-bond donors (Lipinski definition) is 2. The number of nitrogen functional groups attached to an aromatic ring is 1. The zero-order chi connectivity index (χ0) is 9.84. The van der Waals surface area contributed by atoms with Crippen LogP contribution in [0.2, 0.25) is 0 Å². The standard InChI is InChI=1S/C6H5N5O2/c7-3-4-5(11(12)13)1-2-6(9-4)10-8/h1-2H,8H2,(H,9,10). The zero-order valence-corrected chi connectivity index (χ0v) is 6.39. The molecule has 0 saturated heterocycles. The lowest BCUT2D eigenvalue weighted by Gasteiger charge is -1.98. The van der Waals surface area contributed by atoms with Crippen LogP contribution >= 0.6 is 0 Å². The van der Waals surface area contributed by atoms with E-state index in [0.717, 1.165) is 0 Å². The third-order valence-electron chi connectivity index (χ3n) is 1.32. The van der Waals surface area contributed by atoms with Crippen LogP contribution in [0.25, 0.3) is 0 Å². The van der Waals surface area contributed by atoms with Gasteiger partial charge in [0.15, 0.2) is 0 Å². The maximum absolute atomic E-state index is 10.3. The summed E-state index contributed by atoms with van der Waals surface area (Å²) in [6.45, 7) is 0. The summed E-state index contributed by atoms with van der Waals surface area (Å²) in [5, 5.41) is 18.8. The number of pyridine rings is 1. The second-order valence-electron chi connectivity index (χ2n) is 2.08. The van der Waals surface area contributed by atoms with Gasteiger partial charge >= 0.3 is 5.69 Å². The van der Waals surface area contributed by atoms with Gasteiger partial charge in [-0.05, 0) is 6.07 Å². The Kier molecular flexibility index (Phi) is 2.37. The first kappa shape index (κ1) is 8.89. The molecule has 0 spiro atoms. The van der Waals surface area contributed by atoms with E-state index in [4.69, 9.17) is 11.1 Å². The Labute approximate surface area is 72.9 Å². The fourth-order valence-electron chi connectivity index (χ4n) is 0.762. The summed E-state index contributed by atoms with van der Waals surface area (Å²) in [5.74, 6) is 5.22. The molecule has 3 N–H and O–H groups in total. The minimum absolute atomic E-state index is 0.210. The van der Waals surface area contributed by atoms with Crippen LogP contribution in [0.1, 0.15) is 5.69 Å². The minimum Gasteiger partial charge on any atom is -0.308 e. The molecule has 0 aliphatic carbocycles. The molecule has 0 bridgehead atoms. The topological polar surface area (TPSA) is 118 Å². The molecule has 13 heavy (non-hydrogen) atoms. The normalized spacial score (nSPS) is 8.92. The van der Waals surface area contributed by atoms with Crippen molar-refractivity contribution in [1.29, 1.82) is 5.26 Å². The Hall–Kier alpha value is -2.20. The van der Waals surface area contributed by atoms with Gasteiger partial charge in [-0.25, -0.2) is 10.8 Å². The van der Waals surface area contributed by atoms with Crippen molar-refractivity contribution in [3.63, 3.8) is 0 Å². The summed E-state index contributed by atoms with van der Waals surface area (Å²) in [7, 11) is 0. The quantitative estimate of drug-likeness (QED) is 0.379. The molecule has 0 amide bonds. The minimum atomic E-state index is -0.675. The second-order valence-corrected chi connectivity index (χ2v) is 2.08. The van der Waals surface area contributed by atoms with Crippen molar-refractivity contribution in [3.8, 4) is 6.07 Å². The van der Waals surface area contributed by atoms with E-state index in [0.29, 0.717) is 0 Å². The molecule has 0 unspecified atom stereocenters. The number of anilines is 1. The maximum Gasteiger partial charge on any atom is 0.305 e. The van der Waals surface area contributed by atoms with E-state index in [1.165, 1.54) is 12.1 Å². The smallest absolute Gasteiger partial charge is 0.305 e. The van der Waals surface area contributed by atoms with Gasteiger partial charge in [0.2, 0.25) is 5.69 Å². The Bertz CT molecular complexity index is 383. The SMILES string of the molecule is N#Cc1nc(NN)ccc1[N+](=O)[O-]. The molecule has 7 nitrogen and oxygen atoms in total. The number of nitriles is 1. The molecule has 1 heterocycles. The third kappa shape index (κ3) is 1.69. The van der Waals surface area contributed by atoms with Crippen LogP contribution in [0, 0.1) is 21.4 Å². The average molecular weight is 179 g/mol. The van der Waals surface area contributed by atoms with E-state index in [-0.39, 0.29) is 17.2 Å². The van der Waals surface area contributed by atoms with E-state index in [1.54, 1.807) is 6.07 Å². The number of rotatable bonds is 2. The summed E-state index contributed by atoms with van der Waals surface area (Å²) in [4.78, 5) is 13.3. The molecule has 0 atom stereocenters. The molecule has 0 saturated carbocycles. The first-order valence-electron chi connectivity index (χ1n) is 3.21. The summed E-state index contributed by atoms with van der Waals surface area (Å²) in [6, 6.07) is 4.09. The van der Waals surface area contributed by atoms with Gasteiger partial charge in [-0.3, -0.25) is 10.1 Å². The first-order chi connectivity index (χ1) is 6.19. The fraction of sp³-hybridized carbons (Fsp3) is 0. The van der Waals surface area contributed by atoms with Crippen molar-refractivity contribution in [1.82, 2.24) is 4.98 Å². The van der Waals surface area contributed by atoms with Gasteiger partial charge in [-0.2, -0.15) is 5.26 Å². The third-order valence-corrected chi connectivity index (χ3v) is 1.32. The maximum atomic E-state index is 10.3. The monoisotopic (exact) mass is 179 g/mol. The van der Waals surface area contributed by atoms with Gasteiger partial charge < -0.3 is 5.43 Å². The highest BCUT2D eigenvalue weighted by Gasteiger charge is 2.14. The van der Waals surface area contributed by atoms with E-state index >= 15 is 0 Å². The zero-order valence-electron chi connectivity index (χ0n) is 6.39. The summed E-state index contributed by atoms with van der Waals surface area (Å²) in [5.41, 5.74) is 1.59. The molecule has 7 heteroatoms. The molecule has 0 aliphatic rings. The summed E-state index contributed by atoms with van der Waals surface area (Å²) < 4.78 is 0. The van der Waals surface area contributed by atoms with Crippen molar-refractivity contribution in [3.05, 3.63) is 27.9 Å². The molecule has 1 aromatic rings. The summed E-state index contributed by atoms with van der Waals surface area (Å²) >= 11 is 0. The Morgan fingerprint density at radius 1 is 1.69 bits per heavy atom. The van der Waals surface area contributed by atoms with Crippen LogP contribution in [0.3, 0.4) is 0 Å². The lowest BCUT2D eigenvalue weighted by molar-refractivity contribution is -0.385. The fourth-order valence-corrected chi connectivity index (χ4v) is 0.762. The Balaban J connectivity index is 3.26. The molecule has 0 radical (unpaired) electrons. The highest BCUT2D eigenvalue weighted by Crippen LogP contribution is 2.17. The second kappa shape index (κ2) is 3.46. The van der Waals surface area contributed by atoms with E-state index < -0.39 is 4.92 Å².